The molecule has 2 aliphatic rings. The monoisotopic (exact) mass is 1410 g/mol. The lowest BCUT2D eigenvalue weighted by atomic mass is 9.75. The molecule has 2 rings (SSSR count). The summed E-state index contributed by atoms with van der Waals surface area (Å²) in [5, 5.41) is 5.96. The van der Waals surface area contributed by atoms with Crippen molar-refractivity contribution in [3.63, 3.8) is 0 Å². The molecule has 0 spiro atoms. The number of nitrogens with zero attached hydrogens (tertiary/aromatic N) is 1. The molecule has 0 aromatic heterocycles. The van der Waals surface area contributed by atoms with Crippen LogP contribution in [0.3, 0.4) is 0 Å². The predicted octanol–water partition coefficient (Wildman–Crippen LogP) is 12.0. The number of amides is 2. The molecule has 2 aliphatic carbocycles. The second-order valence-corrected chi connectivity index (χ2v) is 24.0. The molecule has 11 nitrogen and oxygen atoms in total. The van der Waals surface area contributed by atoms with Crippen LogP contribution in [0, 0.1) is 81.9 Å². The molecule has 87 heavy (non-hydrogen) atoms. The van der Waals surface area contributed by atoms with E-state index in [9.17, 15) is 27.2 Å². The number of ether oxygens (including phenoxy) is 6. The van der Waals surface area contributed by atoms with Crippen LogP contribution in [0.5, 0.6) is 0 Å². The summed E-state index contributed by atoms with van der Waals surface area (Å²) >= 11 is 1.96. The highest BCUT2D eigenvalue weighted by molar-refractivity contribution is 14.1. The molecule has 0 bridgehead atoms. The van der Waals surface area contributed by atoms with E-state index in [4.69, 9.17) is 26.4 Å². The van der Waals surface area contributed by atoms with Crippen LogP contribution in [-0.4, -0.2) is 157 Å². The molecule has 2 fully saturated rings. The minimum absolute atomic E-state index is 0. The molecule has 2 unspecified atom stereocenters. The summed E-state index contributed by atoms with van der Waals surface area (Å²) in [6, 6.07) is 0.688. The quantitative estimate of drug-likeness (QED) is 0.0120. The SMILES string of the molecule is CC#CC#CC#CC#CC#CC.CCCCCCCCCCCC[N+](C)(C)CCCCOCC(C)(COC)COCC(C)(CC)COCC(F)(F)C(F)F.CCCCCOC.COC(=O)NC1CCC(CC2CCC(NC(C)=O)CC2)CC1.[2H]CI.[2H][B].[Br-]. The first-order valence-corrected chi connectivity index (χ1v) is 33.1. The Kier molecular flexibility index (Phi) is 63.2. The number of alkyl halides is 5. The zero-order valence-electron chi connectivity index (χ0n) is 58.4. The van der Waals surface area contributed by atoms with Gasteiger partial charge in [0.05, 0.1) is 67.3 Å². The fraction of sp³-hybridized carbons (Fsp3) is 0.826. The molecular formula is C69H120BBrF4IN3O8. The largest absolute Gasteiger partial charge is 1.00 e. The lowest BCUT2D eigenvalue weighted by Crippen LogP contribution is -3.00. The Labute approximate surface area is 558 Å². The molecule has 18 heteroatoms. The third kappa shape index (κ3) is 58.2. The fourth-order valence-corrected chi connectivity index (χ4v) is 9.84. The van der Waals surface area contributed by atoms with Crippen molar-refractivity contribution in [3.8, 4) is 59.2 Å². The number of alkyl carbamates (subject to hydrolysis) is 1. The highest BCUT2D eigenvalue weighted by Gasteiger charge is 2.42. The molecule has 0 aromatic rings. The smallest absolute Gasteiger partial charge is 0.407 e. The minimum Gasteiger partial charge on any atom is -1.00 e. The van der Waals surface area contributed by atoms with Crippen LogP contribution in [0.2, 0.25) is 0 Å². The first-order chi connectivity index (χ1) is 42.1. The van der Waals surface area contributed by atoms with E-state index in [-0.39, 0.29) is 47.6 Å². The Morgan fingerprint density at radius 2 is 0.989 bits per heavy atom. The third-order valence-corrected chi connectivity index (χ3v) is 15.1. The van der Waals surface area contributed by atoms with Gasteiger partial charge >= 0.3 is 18.4 Å². The number of rotatable bonds is 38. The van der Waals surface area contributed by atoms with Gasteiger partial charge in [0.2, 0.25) is 5.91 Å². The summed E-state index contributed by atoms with van der Waals surface area (Å²) in [6.45, 7) is 19.4. The zero-order valence-corrected chi connectivity index (χ0v) is 60.1. The lowest BCUT2D eigenvalue weighted by molar-refractivity contribution is -0.890. The van der Waals surface area contributed by atoms with Crippen molar-refractivity contribution in [3.05, 3.63) is 0 Å². The van der Waals surface area contributed by atoms with Crippen LogP contribution >= 0.6 is 22.6 Å². The van der Waals surface area contributed by atoms with Crippen LogP contribution in [0.1, 0.15) is 217 Å². The summed E-state index contributed by atoms with van der Waals surface area (Å²) in [5.41, 5.74) is -0.927. The number of hydrogen-bond acceptors (Lipinski definition) is 8. The van der Waals surface area contributed by atoms with Gasteiger partial charge in [-0.3, -0.25) is 4.79 Å². The van der Waals surface area contributed by atoms with Gasteiger partial charge in [-0.05, 0) is 176 Å². The van der Waals surface area contributed by atoms with Crippen molar-refractivity contribution in [1.29, 1.82) is 1.34 Å². The molecule has 0 saturated heterocycles. The van der Waals surface area contributed by atoms with Crippen LogP contribution in [0.25, 0.3) is 0 Å². The number of carbonyl (C=O) groups is 2. The Bertz CT molecular complexity index is 1960. The molecule has 2 amide bonds. The van der Waals surface area contributed by atoms with E-state index in [1.54, 1.807) is 35.0 Å². The van der Waals surface area contributed by atoms with Gasteiger partial charge < -0.3 is 60.5 Å². The number of unbranched alkanes of at least 4 members (excludes halogenated alkanes) is 12. The average Bonchev–Trinajstić information content (AvgIpc) is 3.69. The van der Waals surface area contributed by atoms with E-state index in [1.807, 2.05) is 43.4 Å². The Balaban J connectivity index is -0.000000411. The first-order valence-electron chi connectivity index (χ1n) is 32.8. The molecular weight excluding hydrogens is 1290 g/mol. The van der Waals surface area contributed by atoms with Gasteiger partial charge in [0.25, 0.3) is 0 Å². The van der Waals surface area contributed by atoms with Gasteiger partial charge in [-0.25, -0.2) is 13.6 Å². The van der Waals surface area contributed by atoms with E-state index in [2.05, 4.69) is 111 Å². The van der Waals surface area contributed by atoms with Crippen LogP contribution < -0.4 is 27.6 Å². The van der Waals surface area contributed by atoms with E-state index in [0.717, 1.165) is 68.0 Å². The molecule has 2 saturated carbocycles. The number of halogens is 6. The van der Waals surface area contributed by atoms with Crippen LogP contribution in [0.4, 0.5) is 22.4 Å². The van der Waals surface area contributed by atoms with E-state index < -0.39 is 24.4 Å². The number of carbonyl (C=O) groups excluding carboxylic acids is 2. The second kappa shape index (κ2) is 62.1. The molecule has 0 aliphatic heterocycles. The Morgan fingerprint density at radius 3 is 1.40 bits per heavy atom. The maximum Gasteiger partial charge on any atom is 0.407 e. The molecule has 2 N–H and O–H groups in total. The highest BCUT2D eigenvalue weighted by Crippen LogP contribution is 2.36. The summed E-state index contributed by atoms with van der Waals surface area (Å²) in [7, 11) is 13.2. The highest BCUT2D eigenvalue weighted by atomic mass is 127. The Hall–Kier alpha value is -2.71. The number of hydrogen-bond donors (Lipinski definition) is 2. The van der Waals surface area contributed by atoms with Crippen molar-refractivity contribution in [2.24, 2.45) is 22.7 Å². The van der Waals surface area contributed by atoms with Gasteiger partial charge in [-0.1, -0.05) is 133 Å². The third-order valence-electron chi connectivity index (χ3n) is 15.1. The van der Waals surface area contributed by atoms with E-state index in [1.165, 1.54) is 129 Å². The maximum absolute atomic E-state index is 13.2. The number of nitrogens with one attached hydrogen (secondary N) is 2. The number of methoxy groups -OCH3 is 3. The summed E-state index contributed by atoms with van der Waals surface area (Å²) in [4.78, 5) is 22.8. The molecule has 0 heterocycles. The minimum atomic E-state index is -4.15. The first kappa shape index (κ1) is 88.5. The molecule has 2 radical (unpaired) electrons. The van der Waals surface area contributed by atoms with E-state index >= 15 is 0 Å². The van der Waals surface area contributed by atoms with Crippen molar-refractivity contribution in [2.75, 3.05) is 106 Å². The topological polar surface area (TPSA) is 114 Å². The van der Waals surface area contributed by atoms with Gasteiger partial charge in [0, 0.05) is 67.0 Å². The average molecular weight is 1420 g/mol. The molecule has 2 atom stereocenters. The predicted molar refractivity (Wildman–Crippen MR) is 359 cm³/mol. The van der Waals surface area contributed by atoms with Crippen molar-refractivity contribution >= 4 is 43.0 Å². The molecule has 504 valence electrons. The van der Waals surface area contributed by atoms with E-state index in [0.29, 0.717) is 49.8 Å². The number of quaternary nitrogens is 1. The summed E-state index contributed by atoms with van der Waals surface area (Å²) in [6.07, 6.45) is 26.7. The van der Waals surface area contributed by atoms with Crippen molar-refractivity contribution < 1.29 is 78.4 Å². The van der Waals surface area contributed by atoms with Crippen molar-refractivity contribution in [2.45, 2.75) is 240 Å². The summed E-state index contributed by atoms with van der Waals surface area (Å²) < 4.78 is 95.5. The zero-order chi connectivity index (χ0) is 67.2. The maximum atomic E-state index is 13.2. The molecule has 0 aromatic carbocycles. The Morgan fingerprint density at radius 1 is 0.598 bits per heavy atom. The van der Waals surface area contributed by atoms with Gasteiger partial charge in [0.15, 0.2) is 0 Å². The van der Waals surface area contributed by atoms with Gasteiger partial charge in [-0.2, -0.15) is 8.78 Å². The van der Waals surface area contributed by atoms with Gasteiger partial charge in [0.1, 0.15) is 6.61 Å². The second-order valence-electron chi connectivity index (χ2n) is 24.0. The van der Waals surface area contributed by atoms with Crippen molar-refractivity contribution in [1.82, 2.24) is 10.6 Å². The lowest BCUT2D eigenvalue weighted by Gasteiger charge is -2.34. The van der Waals surface area contributed by atoms with Crippen LogP contribution in [-0.2, 0) is 33.2 Å². The summed E-state index contributed by atoms with van der Waals surface area (Å²) in [5.74, 6) is 23.1. The van der Waals surface area contributed by atoms with Gasteiger partial charge in [-0.15, -0.1) is 0 Å². The standard InChI is InChI=1S/C33H66F4NO4.C17H30N2O3.C12H6.C6H14O.CH3I.BH.BrH/c1-8-10-11-12-13-14-15-16-17-18-21-38(5,6)22-19-20-23-40-27-32(4,24-39-7)28-41-25-31(3,9-2)26-42-29-33(36,37)30(34)35;1-12(20)18-15-7-3-13(4-8-15)11-14-5-9-16(10-6-14)19-17(21)22-2;1-3-5-7-9-11-12-10-8-6-4-2;1-3-4-5-6-7-2;1-2;;/h30H,8-29H2,1-7H3;13-16H,3-11H2,1-2H3,(H,18,20)(H,19,21);1-2H3;3-6H2,1-2H3;1H3;2*1H/q+1;;;;;;/p-1/i;;;;2*1D;. The normalized spacial score (nSPS) is 17.3. The fourth-order valence-electron chi connectivity index (χ4n) is 9.84. The van der Waals surface area contributed by atoms with Crippen LogP contribution in [0.15, 0.2) is 0 Å².